The number of ketones is 3. The minimum Gasteiger partial charge on any atom is -0.481 e. The van der Waals surface area contributed by atoms with E-state index in [1.807, 2.05) is 47.4 Å². The predicted octanol–water partition coefficient (Wildman–Crippen LogP) is 3.74. The fourth-order valence-corrected chi connectivity index (χ4v) is 9.66. The zero-order valence-corrected chi connectivity index (χ0v) is 42.4. The fourth-order valence-electron chi connectivity index (χ4n) is 9.66. The first-order valence-electron chi connectivity index (χ1n) is 25.7. The second kappa shape index (κ2) is 34.3. The van der Waals surface area contributed by atoms with Crippen molar-refractivity contribution in [3.63, 3.8) is 0 Å². The summed E-state index contributed by atoms with van der Waals surface area (Å²) in [4.78, 5) is 134. The van der Waals surface area contributed by atoms with Crippen molar-refractivity contribution in [1.82, 2.24) is 24.9 Å². The minimum absolute atomic E-state index is 0.00716. The van der Waals surface area contributed by atoms with Crippen molar-refractivity contribution >= 4 is 70.0 Å². The summed E-state index contributed by atoms with van der Waals surface area (Å²) >= 11 is 0. The SMILES string of the molecule is O=C(O)CCCCC(=O)C[C@@H](CCCCCC(=O)[C@H](Cc1ccc2ccccc2c1)NC(=O)C1CCC(CCC(=O)CN2CCN(CC(=O)O)CCN(CC(=O)O)CCN(CC(=O)O)CC2)CC1)C(=O)O.O=C=O. The lowest BCUT2D eigenvalue weighted by Crippen LogP contribution is -2.49. The van der Waals surface area contributed by atoms with E-state index in [0.717, 1.165) is 29.2 Å². The van der Waals surface area contributed by atoms with E-state index >= 15 is 0 Å². The van der Waals surface area contributed by atoms with Crippen LogP contribution >= 0.6 is 0 Å². The number of hydrogen-bond acceptors (Lipinski definition) is 15. The second-order valence-electron chi connectivity index (χ2n) is 19.6. The van der Waals surface area contributed by atoms with E-state index in [9.17, 15) is 63.6 Å². The van der Waals surface area contributed by atoms with E-state index in [0.29, 0.717) is 90.4 Å². The Morgan fingerprint density at radius 2 is 1.05 bits per heavy atom. The summed E-state index contributed by atoms with van der Waals surface area (Å²) < 4.78 is 0. The maximum Gasteiger partial charge on any atom is 0.373 e. The van der Waals surface area contributed by atoms with Crippen molar-refractivity contribution in [2.45, 2.75) is 115 Å². The largest absolute Gasteiger partial charge is 0.481 e. The van der Waals surface area contributed by atoms with Gasteiger partial charge in [0.1, 0.15) is 11.6 Å². The van der Waals surface area contributed by atoms with Crippen LogP contribution in [0.15, 0.2) is 42.5 Å². The predicted molar refractivity (Wildman–Crippen MR) is 268 cm³/mol. The number of carboxylic acid groups (broad SMARTS) is 5. The van der Waals surface area contributed by atoms with Gasteiger partial charge in [-0.2, -0.15) is 9.59 Å². The zero-order chi connectivity index (χ0) is 54.4. The molecule has 0 unspecified atom stereocenters. The number of carboxylic acids is 5. The lowest BCUT2D eigenvalue weighted by atomic mass is 9.79. The van der Waals surface area contributed by atoms with Crippen LogP contribution < -0.4 is 5.32 Å². The topological polar surface area (TPSA) is 314 Å². The number of nitrogens with zero attached hydrogens (tertiary/aromatic N) is 4. The van der Waals surface area contributed by atoms with Gasteiger partial charge in [-0.15, -0.1) is 0 Å². The minimum atomic E-state index is -1.06. The molecule has 74 heavy (non-hydrogen) atoms. The highest BCUT2D eigenvalue weighted by atomic mass is 16.4. The molecule has 21 heteroatoms. The number of amides is 1. The molecule has 1 aliphatic heterocycles. The van der Waals surface area contributed by atoms with Crippen LogP contribution in [0, 0.1) is 17.8 Å². The third-order valence-corrected chi connectivity index (χ3v) is 13.8. The van der Waals surface area contributed by atoms with Crippen LogP contribution in [0.4, 0.5) is 0 Å². The molecule has 4 rings (SSSR count). The van der Waals surface area contributed by atoms with Gasteiger partial charge in [0.15, 0.2) is 5.78 Å². The molecule has 6 N–H and O–H groups in total. The Hall–Kier alpha value is -6.25. The van der Waals surface area contributed by atoms with E-state index in [1.165, 1.54) is 0 Å². The maximum absolute atomic E-state index is 13.9. The second-order valence-corrected chi connectivity index (χ2v) is 19.6. The van der Waals surface area contributed by atoms with Crippen molar-refractivity contribution in [3.8, 4) is 0 Å². The van der Waals surface area contributed by atoms with E-state index < -0.39 is 41.8 Å². The average Bonchev–Trinajstić information content (AvgIpc) is 3.34. The normalized spacial score (nSPS) is 18.2. The van der Waals surface area contributed by atoms with Crippen molar-refractivity contribution in [2.75, 3.05) is 78.5 Å². The molecule has 408 valence electrons. The van der Waals surface area contributed by atoms with Crippen molar-refractivity contribution in [1.29, 1.82) is 0 Å². The molecule has 0 bridgehead atoms. The van der Waals surface area contributed by atoms with Gasteiger partial charge in [0.2, 0.25) is 5.91 Å². The average molecular weight is 1040 g/mol. The summed E-state index contributed by atoms with van der Waals surface area (Å²) in [5.41, 5.74) is 0.903. The number of benzene rings is 2. The quantitative estimate of drug-likeness (QED) is 0.0607. The van der Waals surface area contributed by atoms with Crippen molar-refractivity contribution in [3.05, 3.63) is 48.0 Å². The first-order chi connectivity index (χ1) is 35.3. The smallest absolute Gasteiger partial charge is 0.373 e. The Bertz CT molecular complexity index is 2180. The van der Waals surface area contributed by atoms with Gasteiger partial charge in [0, 0.05) is 90.4 Å². The van der Waals surface area contributed by atoms with Crippen LogP contribution in [0.1, 0.15) is 108 Å². The van der Waals surface area contributed by atoms with Crippen LogP contribution in [-0.2, 0) is 59.2 Å². The Labute approximate surface area is 431 Å². The molecule has 21 nitrogen and oxygen atoms in total. The van der Waals surface area contributed by atoms with Crippen molar-refractivity contribution < 1.29 is 78.3 Å². The Morgan fingerprint density at radius 3 is 1.57 bits per heavy atom. The molecule has 2 aromatic rings. The zero-order valence-electron chi connectivity index (χ0n) is 42.4. The number of rotatable bonds is 30. The van der Waals surface area contributed by atoms with Crippen LogP contribution in [0.2, 0.25) is 0 Å². The Balaban J connectivity index is 0.00000469. The standard InChI is InChI=1S/C52H75N5O14.CO2/c58-43(11-6-7-13-47(61)62)32-42(52(70)71)10-2-1-3-12-46(60)45(31-38-16-18-39-8-4-5-9-41(39)30-38)53-51(69)40-19-14-37(15-20-40)17-21-44(59)33-54-22-24-55(34-48(63)64)26-28-57(36-50(67)68)29-27-56(25-23-54)35-49(65)66;2-1-3/h4-5,8-9,16,18,30,37,40,42,45H,1-3,6-7,10-15,17,19-29,31-36H2,(H,53,69)(H,61,62)(H,63,64)(H,65,66)(H,67,68)(H,70,71);/t37?,40?,42-,45+;/m1./s1. The molecule has 2 fully saturated rings. The lowest BCUT2D eigenvalue weighted by Gasteiger charge is -2.33. The third-order valence-electron chi connectivity index (χ3n) is 13.8. The molecule has 1 amide bonds. The van der Waals surface area contributed by atoms with Gasteiger partial charge in [-0.1, -0.05) is 55.3 Å². The summed E-state index contributed by atoms with van der Waals surface area (Å²) in [7, 11) is 0. The summed E-state index contributed by atoms with van der Waals surface area (Å²) in [6.45, 7) is 1.86. The molecule has 1 heterocycles. The highest BCUT2D eigenvalue weighted by molar-refractivity contribution is 5.90. The molecule has 0 spiro atoms. The molecule has 2 aromatic carbocycles. The van der Waals surface area contributed by atoms with Crippen LogP contribution in [0.3, 0.4) is 0 Å². The van der Waals surface area contributed by atoms with Gasteiger partial charge < -0.3 is 30.8 Å². The Kier molecular flexibility index (Phi) is 28.7. The highest BCUT2D eigenvalue weighted by Gasteiger charge is 2.31. The number of carbonyl (C=O) groups is 9. The maximum atomic E-state index is 13.9. The van der Waals surface area contributed by atoms with Gasteiger partial charge in [0.25, 0.3) is 0 Å². The van der Waals surface area contributed by atoms with Gasteiger partial charge in [-0.3, -0.25) is 62.8 Å². The first-order valence-corrected chi connectivity index (χ1v) is 25.7. The summed E-state index contributed by atoms with van der Waals surface area (Å²) in [6, 6.07) is 13.1. The number of nitrogens with one attached hydrogen (secondary N) is 1. The number of aliphatic carboxylic acids is 5. The van der Waals surface area contributed by atoms with Crippen LogP contribution in [-0.4, -0.2) is 189 Å². The van der Waals surface area contributed by atoms with Gasteiger partial charge in [0.05, 0.1) is 38.1 Å². The van der Waals surface area contributed by atoms with E-state index in [1.54, 1.807) is 14.7 Å². The molecule has 2 aliphatic rings. The molecular formula is C53H75N5O16. The van der Waals surface area contributed by atoms with Crippen LogP contribution in [0.5, 0.6) is 0 Å². The number of Topliss-reactive ketones (excluding diaryl/α,β-unsaturated/α-hetero) is 3. The van der Waals surface area contributed by atoms with Gasteiger partial charge in [-0.05, 0) is 86.5 Å². The van der Waals surface area contributed by atoms with E-state index in [2.05, 4.69) is 5.32 Å². The number of fused-ring (bicyclic) bond motifs is 1. The molecular weight excluding hydrogens is 963 g/mol. The van der Waals surface area contributed by atoms with Crippen LogP contribution in [0.25, 0.3) is 10.8 Å². The van der Waals surface area contributed by atoms with Crippen molar-refractivity contribution in [2.24, 2.45) is 17.8 Å². The number of hydrogen-bond donors (Lipinski definition) is 6. The highest BCUT2D eigenvalue weighted by Crippen LogP contribution is 2.32. The molecule has 1 aliphatic carbocycles. The molecule has 2 atom stereocenters. The summed E-state index contributed by atoms with van der Waals surface area (Å²) in [6.07, 6.45) is 6.94. The summed E-state index contributed by atoms with van der Waals surface area (Å²) in [5.74, 6) is -6.52. The molecule has 1 saturated carbocycles. The molecule has 1 saturated heterocycles. The number of unbranched alkanes of at least 4 members (excludes halogenated alkanes) is 3. The van der Waals surface area contributed by atoms with E-state index in [4.69, 9.17) is 14.7 Å². The summed E-state index contributed by atoms with van der Waals surface area (Å²) in [5, 5.41) is 52.2. The number of carbonyl (C=O) groups excluding carboxylic acids is 6. The van der Waals surface area contributed by atoms with Gasteiger partial charge >= 0.3 is 36.0 Å². The lowest BCUT2D eigenvalue weighted by molar-refractivity contribution is -0.192. The fraction of sp³-hybridized carbons (Fsp3) is 0.623. The first kappa shape index (κ1) is 62.0. The third kappa shape index (κ3) is 25.6. The molecule has 0 aromatic heterocycles. The van der Waals surface area contributed by atoms with Gasteiger partial charge in [-0.25, -0.2) is 0 Å². The Morgan fingerprint density at radius 1 is 0.554 bits per heavy atom. The monoisotopic (exact) mass is 1040 g/mol. The molecule has 0 radical (unpaired) electrons. The van der Waals surface area contributed by atoms with E-state index in [-0.39, 0.29) is 126 Å².